The first-order valence-electron chi connectivity index (χ1n) is 5.50. The number of rotatable bonds is 7. The molecule has 0 radical (unpaired) electrons. The normalized spacial score (nSPS) is 10.0. The summed E-state index contributed by atoms with van der Waals surface area (Å²) < 4.78 is 5.14. The van der Waals surface area contributed by atoms with Gasteiger partial charge >= 0.3 is 0 Å². The molecule has 0 N–H and O–H groups in total. The molecule has 5 heteroatoms. The molecular formula is C11H22N2O3. The minimum atomic E-state index is -0.0688. The lowest BCUT2D eigenvalue weighted by Crippen LogP contribution is -2.37. The molecule has 0 heterocycles. The molecule has 16 heavy (non-hydrogen) atoms. The summed E-state index contributed by atoms with van der Waals surface area (Å²) in [7, 11) is 5.00. The molecule has 0 aromatic carbocycles. The predicted molar refractivity (Wildman–Crippen MR) is 62.1 cm³/mol. The molecule has 0 spiro atoms. The number of nitrogens with zero attached hydrogens (tertiary/aromatic N) is 2. The molecule has 0 saturated heterocycles. The van der Waals surface area contributed by atoms with E-state index in [0.717, 1.165) is 0 Å². The van der Waals surface area contributed by atoms with E-state index in [1.165, 1.54) is 9.80 Å². The molecule has 0 unspecified atom stereocenters. The Morgan fingerprint density at radius 3 is 2.25 bits per heavy atom. The SMILES string of the molecule is CCOCCCC(=O)N(C)CC(=O)N(C)C. The maximum Gasteiger partial charge on any atom is 0.241 e. The van der Waals surface area contributed by atoms with Crippen LogP contribution in [0.2, 0.25) is 0 Å². The number of amides is 2. The monoisotopic (exact) mass is 230 g/mol. The molecule has 0 aliphatic heterocycles. The van der Waals surface area contributed by atoms with Crippen LogP contribution in [0, 0.1) is 0 Å². The molecule has 0 atom stereocenters. The maximum absolute atomic E-state index is 11.6. The number of carbonyl (C=O) groups is 2. The Bertz CT molecular complexity index is 229. The van der Waals surface area contributed by atoms with E-state index in [-0.39, 0.29) is 18.4 Å². The summed E-state index contributed by atoms with van der Waals surface area (Å²) in [6.45, 7) is 3.32. The number of ether oxygens (including phenoxy) is 1. The highest BCUT2D eigenvalue weighted by Crippen LogP contribution is 1.97. The van der Waals surface area contributed by atoms with Gasteiger partial charge < -0.3 is 14.5 Å². The Kier molecular flexibility index (Phi) is 7.54. The van der Waals surface area contributed by atoms with Gasteiger partial charge in [0.25, 0.3) is 0 Å². The van der Waals surface area contributed by atoms with Crippen molar-refractivity contribution in [3.8, 4) is 0 Å². The predicted octanol–water partition coefficient (Wildman–Crippen LogP) is 0.350. The number of likely N-dealkylation sites (N-methyl/N-ethyl adjacent to an activating group) is 2. The second-order valence-corrected chi connectivity index (χ2v) is 3.84. The number of carbonyl (C=O) groups excluding carboxylic acids is 2. The summed E-state index contributed by atoms with van der Waals surface area (Å²) in [4.78, 5) is 25.8. The van der Waals surface area contributed by atoms with E-state index in [1.54, 1.807) is 21.1 Å². The first kappa shape index (κ1) is 14.9. The summed E-state index contributed by atoms with van der Waals surface area (Å²) in [5.74, 6) is -0.0874. The third-order valence-corrected chi connectivity index (χ3v) is 2.18. The summed E-state index contributed by atoms with van der Waals surface area (Å²) in [5.41, 5.74) is 0. The molecule has 0 aromatic rings. The number of hydrogen-bond acceptors (Lipinski definition) is 3. The van der Waals surface area contributed by atoms with Gasteiger partial charge in [-0.05, 0) is 13.3 Å². The second-order valence-electron chi connectivity index (χ2n) is 3.84. The van der Waals surface area contributed by atoms with Gasteiger partial charge in [-0.15, -0.1) is 0 Å². The van der Waals surface area contributed by atoms with Gasteiger partial charge in [0.05, 0.1) is 6.54 Å². The van der Waals surface area contributed by atoms with E-state index in [9.17, 15) is 9.59 Å². The van der Waals surface area contributed by atoms with Crippen LogP contribution in [0.4, 0.5) is 0 Å². The molecular weight excluding hydrogens is 208 g/mol. The van der Waals surface area contributed by atoms with E-state index >= 15 is 0 Å². The molecule has 0 rings (SSSR count). The average Bonchev–Trinajstić information content (AvgIpc) is 2.23. The van der Waals surface area contributed by atoms with Crippen molar-refractivity contribution in [3.05, 3.63) is 0 Å². The van der Waals surface area contributed by atoms with Crippen molar-refractivity contribution in [2.24, 2.45) is 0 Å². The van der Waals surface area contributed by atoms with E-state index in [0.29, 0.717) is 26.1 Å². The van der Waals surface area contributed by atoms with Crippen LogP contribution in [-0.2, 0) is 14.3 Å². The van der Waals surface area contributed by atoms with E-state index in [2.05, 4.69) is 0 Å². The number of hydrogen-bond donors (Lipinski definition) is 0. The minimum Gasteiger partial charge on any atom is -0.382 e. The van der Waals surface area contributed by atoms with Gasteiger partial charge in [-0.1, -0.05) is 0 Å². The largest absolute Gasteiger partial charge is 0.382 e. The molecule has 0 fully saturated rings. The Hall–Kier alpha value is -1.10. The molecule has 0 saturated carbocycles. The fraction of sp³-hybridized carbons (Fsp3) is 0.818. The third kappa shape index (κ3) is 6.40. The quantitative estimate of drug-likeness (QED) is 0.593. The van der Waals surface area contributed by atoms with Gasteiger partial charge in [0.2, 0.25) is 11.8 Å². The van der Waals surface area contributed by atoms with E-state index in [4.69, 9.17) is 4.74 Å². The molecule has 0 aliphatic rings. The van der Waals surface area contributed by atoms with Gasteiger partial charge in [-0.2, -0.15) is 0 Å². The topological polar surface area (TPSA) is 49.9 Å². The summed E-state index contributed by atoms with van der Waals surface area (Å²) >= 11 is 0. The lowest BCUT2D eigenvalue weighted by molar-refractivity contribution is -0.138. The van der Waals surface area contributed by atoms with Crippen molar-refractivity contribution in [3.63, 3.8) is 0 Å². The lowest BCUT2D eigenvalue weighted by Gasteiger charge is -2.19. The zero-order valence-corrected chi connectivity index (χ0v) is 10.7. The minimum absolute atomic E-state index is 0.0186. The van der Waals surface area contributed by atoms with E-state index < -0.39 is 0 Å². The van der Waals surface area contributed by atoms with Crippen LogP contribution in [0.1, 0.15) is 19.8 Å². The van der Waals surface area contributed by atoms with Crippen LogP contribution < -0.4 is 0 Å². The molecule has 5 nitrogen and oxygen atoms in total. The van der Waals surface area contributed by atoms with Crippen LogP contribution >= 0.6 is 0 Å². The zero-order chi connectivity index (χ0) is 12.6. The maximum atomic E-state index is 11.6. The standard InChI is InChI=1S/C11H22N2O3/c1-5-16-8-6-7-10(14)13(4)9-11(15)12(2)3/h5-9H2,1-4H3. The highest BCUT2D eigenvalue weighted by molar-refractivity contribution is 5.84. The van der Waals surface area contributed by atoms with Crippen molar-refractivity contribution >= 4 is 11.8 Å². The van der Waals surface area contributed by atoms with Gasteiger partial charge in [0, 0.05) is 40.8 Å². The molecule has 94 valence electrons. The Balaban J connectivity index is 3.77. The van der Waals surface area contributed by atoms with Crippen molar-refractivity contribution in [2.45, 2.75) is 19.8 Å². The highest BCUT2D eigenvalue weighted by Gasteiger charge is 2.13. The van der Waals surface area contributed by atoms with Crippen molar-refractivity contribution in [1.29, 1.82) is 0 Å². The summed E-state index contributed by atoms with van der Waals surface area (Å²) in [5, 5.41) is 0. The molecule has 0 aromatic heterocycles. The second kappa shape index (κ2) is 8.10. The Morgan fingerprint density at radius 2 is 1.75 bits per heavy atom. The van der Waals surface area contributed by atoms with Crippen LogP contribution in [0.25, 0.3) is 0 Å². The lowest BCUT2D eigenvalue weighted by atomic mass is 10.3. The smallest absolute Gasteiger partial charge is 0.241 e. The Morgan fingerprint density at radius 1 is 1.12 bits per heavy atom. The van der Waals surface area contributed by atoms with Crippen LogP contribution in [0.3, 0.4) is 0 Å². The van der Waals surface area contributed by atoms with Crippen molar-refractivity contribution in [1.82, 2.24) is 9.80 Å². The van der Waals surface area contributed by atoms with Crippen LogP contribution in [0.15, 0.2) is 0 Å². The molecule has 0 bridgehead atoms. The zero-order valence-electron chi connectivity index (χ0n) is 10.7. The third-order valence-electron chi connectivity index (χ3n) is 2.18. The van der Waals surface area contributed by atoms with Crippen LogP contribution in [-0.4, -0.2) is 62.5 Å². The molecule has 2 amide bonds. The first-order valence-corrected chi connectivity index (χ1v) is 5.50. The fourth-order valence-corrected chi connectivity index (χ4v) is 1.09. The van der Waals surface area contributed by atoms with Gasteiger partial charge in [0.15, 0.2) is 0 Å². The average molecular weight is 230 g/mol. The van der Waals surface area contributed by atoms with Crippen molar-refractivity contribution < 1.29 is 14.3 Å². The molecule has 0 aliphatic carbocycles. The summed E-state index contributed by atoms with van der Waals surface area (Å²) in [6, 6.07) is 0. The van der Waals surface area contributed by atoms with Crippen molar-refractivity contribution in [2.75, 3.05) is 40.9 Å². The Labute approximate surface area is 97.3 Å². The fourth-order valence-electron chi connectivity index (χ4n) is 1.09. The van der Waals surface area contributed by atoms with Crippen LogP contribution in [0.5, 0.6) is 0 Å². The van der Waals surface area contributed by atoms with Gasteiger partial charge in [-0.3, -0.25) is 9.59 Å². The van der Waals surface area contributed by atoms with Gasteiger partial charge in [0.1, 0.15) is 0 Å². The summed E-state index contributed by atoms with van der Waals surface area (Å²) in [6.07, 6.45) is 1.13. The van der Waals surface area contributed by atoms with E-state index in [1.807, 2.05) is 6.92 Å². The first-order chi connectivity index (χ1) is 7.49. The van der Waals surface area contributed by atoms with Gasteiger partial charge in [-0.25, -0.2) is 0 Å². The highest BCUT2D eigenvalue weighted by atomic mass is 16.5.